The highest BCUT2D eigenvalue weighted by molar-refractivity contribution is 5.80. The monoisotopic (exact) mass is 210 g/mol. The summed E-state index contributed by atoms with van der Waals surface area (Å²) < 4.78 is 0.646. The van der Waals surface area contributed by atoms with Gasteiger partial charge in [-0.15, -0.1) is 0 Å². The van der Waals surface area contributed by atoms with Crippen LogP contribution in [-0.2, 0) is 11.2 Å². The number of rotatable bonds is 4. The molecule has 84 valence electrons. The molecule has 4 heteroatoms. The molecular formula is C11H20N3O+. The average molecular weight is 210 g/mol. The first-order valence-electron chi connectivity index (χ1n) is 5.12. The van der Waals surface area contributed by atoms with E-state index in [0.29, 0.717) is 4.48 Å². The van der Waals surface area contributed by atoms with Gasteiger partial charge in [-0.25, -0.2) is 4.98 Å². The number of Topliss-reactive ketones (excluding diaryl/α,β-unsaturated/α-hetero) is 1. The van der Waals surface area contributed by atoms with E-state index in [2.05, 4.69) is 9.97 Å². The van der Waals surface area contributed by atoms with Crippen molar-refractivity contribution in [2.24, 2.45) is 0 Å². The Balaban J connectivity index is 2.81. The third-order valence-corrected chi connectivity index (χ3v) is 2.57. The summed E-state index contributed by atoms with van der Waals surface area (Å²) in [6, 6.07) is -0.00940. The number of carbonyl (C=O) groups excluding carboxylic acids is 1. The van der Waals surface area contributed by atoms with Crippen molar-refractivity contribution in [3.63, 3.8) is 0 Å². The second kappa shape index (κ2) is 4.14. The van der Waals surface area contributed by atoms with Crippen LogP contribution in [0.3, 0.4) is 0 Å². The van der Waals surface area contributed by atoms with Gasteiger partial charge in [-0.3, -0.25) is 4.79 Å². The number of aryl methyl sites for hydroxylation is 1. The third kappa shape index (κ3) is 3.16. The van der Waals surface area contributed by atoms with Crippen molar-refractivity contribution in [3.8, 4) is 0 Å². The van der Waals surface area contributed by atoms with E-state index in [9.17, 15) is 4.79 Å². The Morgan fingerprint density at radius 3 is 2.47 bits per heavy atom. The summed E-state index contributed by atoms with van der Waals surface area (Å²) in [4.78, 5) is 18.8. The summed E-state index contributed by atoms with van der Waals surface area (Å²) >= 11 is 0. The quantitative estimate of drug-likeness (QED) is 0.751. The predicted octanol–water partition coefficient (Wildman–Crippen LogP) is 0.924. The van der Waals surface area contributed by atoms with Crippen LogP contribution in [0, 0.1) is 6.92 Å². The smallest absolute Gasteiger partial charge is 0.187 e. The Morgan fingerprint density at radius 2 is 2.13 bits per heavy atom. The van der Waals surface area contributed by atoms with E-state index >= 15 is 0 Å². The fourth-order valence-corrected chi connectivity index (χ4v) is 1.75. The molecule has 0 spiro atoms. The zero-order valence-corrected chi connectivity index (χ0v) is 10.2. The summed E-state index contributed by atoms with van der Waals surface area (Å²) in [6.07, 6.45) is 2.53. The van der Waals surface area contributed by atoms with Crippen LogP contribution in [0.4, 0.5) is 0 Å². The molecule has 0 aliphatic rings. The number of likely N-dealkylation sites (N-methyl/N-ethyl adjacent to an activating group) is 1. The minimum atomic E-state index is -0.00940. The van der Waals surface area contributed by atoms with Crippen molar-refractivity contribution in [1.29, 1.82) is 0 Å². The third-order valence-electron chi connectivity index (χ3n) is 2.57. The highest BCUT2D eigenvalue weighted by atomic mass is 16.1. The van der Waals surface area contributed by atoms with Crippen molar-refractivity contribution in [2.75, 3.05) is 21.1 Å². The Labute approximate surface area is 90.9 Å². The molecule has 4 nitrogen and oxygen atoms in total. The Morgan fingerprint density at radius 1 is 1.53 bits per heavy atom. The molecule has 1 aromatic heterocycles. The molecule has 1 aromatic rings. The highest BCUT2D eigenvalue weighted by Crippen LogP contribution is 2.11. The van der Waals surface area contributed by atoms with E-state index in [1.165, 1.54) is 0 Å². The van der Waals surface area contributed by atoms with E-state index < -0.39 is 0 Å². The number of nitrogens with one attached hydrogen (secondary N) is 1. The molecule has 0 aromatic carbocycles. The molecule has 1 atom stereocenters. The minimum absolute atomic E-state index is 0.00940. The number of aromatic nitrogens is 2. The van der Waals surface area contributed by atoms with Gasteiger partial charge in [0.1, 0.15) is 5.82 Å². The molecule has 0 aliphatic carbocycles. The summed E-state index contributed by atoms with van der Waals surface area (Å²) in [5.74, 6) is 1.11. The molecule has 1 unspecified atom stereocenters. The van der Waals surface area contributed by atoms with Gasteiger partial charge in [0.15, 0.2) is 11.8 Å². The molecule has 0 saturated carbocycles. The number of quaternary nitrogens is 1. The molecule has 1 rings (SSSR count). The Kier molecular flexibility index (Phi) is 3.29. The largest absolute Gasteiger partial charge is 0.346 e. The topological polar surface area (TPSA) is 45.8 Å². The summed E-state index contributed by atoms with van der Waals surface area (Å²) in [5, 5.41) is 0. The molecular weight excluding hydrogens is 190 g/mol. The molecule has 0 radical (unpaired) electrons. The van der Waals surface area contributed by atoms with E-state index in [-0.39, 0.29) is 11.8 Å². The normalized spacial score (nSPS) is 13.9. The van der Waals surface area contributed by atoms with Crippen molar-refractivity contribution < 1.29 is 9.28 Å². The van der Waals surface area contributed by atoms with E-state index in [0.717, 1.165) is 17.9 Å². The van der Waals surface area contributed by atoms with Gasteiger partial charge < -0.3 is 9.47 Å². The number of hydrogen-bond donors (Lipinski definition) is 1. The minimum Gasteiger partial charge on any atom is -0.346 e. The van der Waals surface area contributed by atoms with Gasteiger partial charge in [0.05, 0.1) is 21.1 Å². The summed E-state index contributed by atoms with van der Waals surface area (Å²) in [5.41, 5.74) is 1.03. The van der Waals surface area contributed by atoms with Crippen LogP contribution in [-0.4, -0.2) is 47.4 Å². The number of nitrogens with zero attached hydrogens (tertiary/aromatic N) is 2. The van der Waals surface area contributed by atoms with Gasteiger partial charge in [0.25, 0.3) is 0 Å². The van der Waals surface area contributed by atoms with Gasteiger partial charge >= 0.3 is 0 Å². The maximum Gasteiger partial charge on any atom is 0.187 e. The fourth-order valence-electron chi connectivity index (χ4n) is 1.75. The first-order valence-corrected chi connectivity index (χ1v) is 5.12. The lowest BCUT2D eigenvalue weighted by Gasteiger charge is -2.32. The van der Waals surface area contributed by atoms with Gasteiger partial charge in [0, 0.05) is 25.2 Å². The standard InChI is InChI=1S/C11H20N3O/c1-8(15)11(14(3,4)5)6-10-7-12-9(2)13-10/h7,11H,6H2,1-5H3,(H,12,13)/q+1. The van der Waals surface area contributed by atoms with E-state index in [4.69, 9.17) is 0 Å². The second-order valence-corrected chi connectivity index (χ2v) is 4.94. The lowest BCUT2D eigenvalue weighted by molar-refractivity contribution is -0.886. The van der Waals surface area contributed by atoms with Gasteiger partial charge in [-0.2, -0.15) is 0 Å². The molecule has 1 heterocycles. The molecule has 0 bridgehead atoms. The van der Waals surface area contributed by atoms with Crippen LogP contribution in [0.25, 0.3) is 0 Å². The molecule has 0 fully saturated rings. The van der Waals surface area contributed by atoms with Gasteiger partial charge in [-0.05, 0) is 6.92 Å². The SMILES string of the molecule is CC(=O)C(Cc1cnc(C)[nH]1)[N+](C)(C)C. The summed E-state index contributed by atoms with van der Waals surface area (Å²) in [6.45, 7) is 3.57. The lowest BCUT2D eigenvalue weighted by atomic mass is 10.1. The lowest BCUT2D eigenvalue weighted by Crippen LogP contribution is -2.50. The van der Waals surface area contributed by atoms with E-state index in [1.807, 2.05) is 28.1 Å². The number of H-pyrrole nitrogens is 1. The molecule has 1 N–H and O–H groups in total. The highest BCUT2D eigenvalue weighted by Gasteiger charge is 2.28. The zero-order valence-electron chi connectivity index (χ0n) is 10.2. The van der Waals surface area contributed by atoms with Crippen LogP contribution in [0.5, 0.6) is 0 Å². The maximum atomic E-state index is 11.6. The molecule has 0 amide bonds. The second-order valence-electron chi connectivity index (χ2n) is 4.94. The number of imidazole rings is 1. The van der Waals surface area contributed by atoms with Crippen LogP contribution in [0.1, 0.15) is 18.4 Å². The van der Waals surface area contributed by atoms with Gasteiger partial charge in [0.2, 0.25) is 0 Å². The first kappa shape index (κ1) is 11.9. The van der Waals surface area contributed by atoms with Crippen LogP contribution >= 0.6 is 0 Å². The van der Waals surface area contributed by atoms with Crippen molar-refractivity contribution >= 4 is 5.78 Å². The predicted molar refractivity (Wildman–Crippen MR) is 59.5 cm³/mol. The van der Waals surface area contributed by atoms with Crippen LogP contribution in [0.2, 0.25) is 0 Å². The Hall–Kier alpha value is -1.16. The van der Waals surface area contributed by atoms with Crippen molar-refractivity contribution in [2.45, 2.75) is 26.3 Å². The Bertz CT molecular complexity index is 349. The zero-order chi connectivity index (χ0) is 11.6. The van der Waals surface area contributed by atoms with Gasteiger partial charge in [-0.1, -0.05) is 0 Å². The maximum absolute atomic E-state index is 11.6. The average Bonchev–Trinajstić information content (AvgIpc) is 2.44. The first-order chi connectivity index (χ1) is 6.80. The number of carbonyl (C=O) groups is 1. The number of ketones is 1. The van der Waals surface area contributed by atoms with Crippen molar-refractivity contribution in [1.82, 2.24) is 9.97 Å². The number of aromatic amines is 1. The van der Waals surface area contributed by atoms with Crippen LogP contribution in [0.15, 0.2) is 6.20 Å². The van der Waals surface area contributed by atoms with Crippen LogP contribution < -0.4 is 0 Å². The fraction of sp³-hybridized carbons (Fsp3) is 0.636. The summed E-state index contributed by atoms with van der Waals surface area (Å²) in [7, 11) is 6.11. The number of hydrogen-bond acceptors (Lipinski definition) is 2. The van der Waals surface area contributed by atoms with Crippen molar-refractivity contribution in [3.05, 3.63) is 17.7 Å². The van der Waals surface area contributed by atoms with E-state index in [1.54, 1.807) is 13.1 Å². The molecule has 15 heavy (non-hydrogen) atoms. The molecule has 0 aliphatic heterocycles. The molecule has 0 saturated heterocycles.